The lowest BCUT2D eigenvalue weighted by Gasteiger charge is -2.42. The van der Waals surface area contributed by atoms with E-state index >= 15 is 0 Å². The van der Waals surface area contributed by atoms with Crippen LogP contribution in [-0.2, 0) is 4.74 Å². The van der Waals surface area contributed by atoms with Crippen molar-refractivity contribution in [1.82, 2.24) is 4.90 Å². The molecule has 20 heavy (non-hydrogen) atoms. The third-order valence-electron chi connectivity index (χ3n) is 3.22. The fourth-order valence-electron chi connectivity index (χ4n) is 2.43. The second-order valence-electron chi connectivity index (χ2n) is 5.58. The Morgan fingerprint density at radius 2 is 2.30 bits per heavy atom. The molecule has 1 atom stereocenters. The molecule has 0 radical (unpaired) electrons. The summed E-state index contributed by atoms with van der Waals surface area (Å²) in [6.45, 7) is 4.80. The average molecular weight is 282 g/mol. The van der Waals surface area contributed by atoms with Crippen molar-refractivity contribution in [2.75, 3.05) is 19.6 Å². The van der Waals surface area contributed by atoms with Gasteiger partial charge in [-0.3, -0.25) is 4.79 Å². The number of hydrogen-bond donors (Lipinski definition) is 2. The van der Waals surface area contributed by atoms with Gasteiger partial charge < -0.3 is 20.5 Å². The summed E-state index contributed by atoms with van der Waals surface area (Å²) in [5.74, 6) is -1.29. The Bertz CT molecular complexity index is 519. The normalized spacial score (nSPS) is 21.8. The van der Waals surface area contributed by atoms with Gasteiger partial charge in [0.2, 0.25) is 0 Å². The fourth-order valence-corrected chi connectivity index (χ4v) is 2.43. The molecule has 1 fully saturated rings. The van der Waals surface area contributed by atoms with Crippen molar-refractivity contribution in [2.24, 2.45) is 5.73 Å². The summed E-state index contributed by atoms with van der Waals surface area (Å²) in [5.41, 5.74) is 5.19. The molecule has 0 saturated carbocycles. The monoisotopic (exact) mass is 282 g/mol. The highest BCUT2D eigenvalue weighted by molar-refractivity contribution is 5.96. The van der Waals surface area contributed by atoms with Crippen molar-refractivity contribution in [3.8, 4) is 5.75 Å². The molecule has 110 valence electrons. The maximum atomic E-state index is 13.0. The number of nitrogens with two attached hydrogens (primary N) is 1. The Labute approximate surface area is 117 Å². The van der Waals surface area contributed by atoms with E-state index in [2.05, 4.69) is 0 Å². The minimum atomic E-state index is -0.582. The Morgan fingerprint density at radius 3 is 2.90 bits per heavy atom. The Morgan fingerprint density at radius 1 is 1.60 bits per heavy atom. The first-order valence-corrected chi connectivity index (χ1v) is 6.48. The van der Waals surface area contributed by atoms with Crippen molar-refractivity contribution < 1.29 is 19.0 Å². The summed E-state index contributed by atoms with van der Waals surface area (Å²) in [4.78, 5) is 14.0. The molecule has 1 aromatic carbocycles. The van der Waals surface area contributed by atoms with Crippen molar-refractivity contribution >= 4 is 5.91 Å². The first-order chi connectivity index (χ1) is 9.32. The maximum Gasteiger partial charge on any atom is 0.257 e. The fraction of sp³-hybridized carbons (Fsp3) is 0.500. The van der Waals surface area contributed by atoms with Crippen LogP contribution >= 0.6 is 0 Å². The molecule has 5 nitrogen and oxygen atoms in total. The molecule has 6 heteroatoms. The molecule has 1 aliphatic rings. The number of aromatic hydroxyl groups is 1. The molecule has 1 amide bonds. The van der Waals surface area contributed by atoms with Crippen molar-refractivity contribution in [3.63, 3.8) is 0 Å². The minimum absolute atomic E-state index is 0.0832. The number of amides is 1. The topological polar surface area (TPSA) is 75.8 Å². The summed E-state index contributed by atoms with van der Waals surface area (Å²) < 4.78 is 18.7. The average Bonchev–Trinajstić information content (AvgIpc) is 2.36. The first kappa shape index (κ1) is 14.7. The Balaban J connectivity index is 2.23. The zero-order valence-electron chi connectivity index (χ0n) is 11.6. The van der Waals surface area contributed by atoms with Crippen LogP contribution in [0.3, 0.4) is 0 Å². The molecule has 1 aromatic rings. The number of phenols is 1. The van der Waals surface area contributed by atoms with Crippen LogP contribution in [0.2, 0.25) is 0 Å². The third kappa shape index (κ3) is 3.08. The number of benzene rings is 1. The van der Waals surface area contributed by atoms with Crippen LogP contribution in [0.4, 0.5) is 4.39 Å². The second-order valence-corrected chi connectivity index (χ2v) is 5.58. The first-order valence-electron chi connectivity index (χ1n) is 6.48. The quantitative estimate of drug-likeness (QED) is 0.852. The summed E-state index contributed by atoms with van der Waals surface area (Å²) in [7, 11) is 0. The van der Waals surface area contributed by atoms with Gasteiger partial charge in [-0.15, -0.1) is 0 Å². The van der Waals surface area contributed by atoms with Crippen LogP contribution in [0.25, 0.3) is 0 Å². The van der Waals surface area contributed by atoms with Crippen LogP contribution in [0.1, 0.15) is 24.2 Å². The number of rotatable bonds is 2. The zero-order valence-corrected chi connectivity index (χ0v) is 11.6. The number of morpholine rings is 1. The van der Waals surface area contributed by atoms with Gasteiger partial charge in [0.1, 0.15) is 11.6 Å². The van der Waals surface area contributed by atoms with Gasteiger partial charge in [-0.1, -0.05) is 0 Å². The highest BCUT2D eigenvalue weighted by Gasteiger charge is 2.35. The number of nitrogens with zero attached hydrogens (tertiary/aromatic N) is 1. The second kappa shape index (κ2) is 5.38. The maximum absolute atomic E-state index is 13.0. The van der Waals surface area contributed by atoms with E-state index in [-0.39, 0.29) is 23.3 Å². The smallest absolute Gasteiger partial charge is 0.257 e. The molecule has 0 aromatic heterocycles. The highest BCUT2D eigenvalue weighted by atomic mass is 19.1. The van der Waals surface area contributed by atoms with E-state index in [0.717, 1.165) is 12.1 Å². The van der Waals surface area contributed by atoms with Crippen molar-refractivity contribution in [3.05, 3.63) is 29.6 Å². The number of carbonyl (C=O) groups excluding carboxylic acids is 1. The largest absolute Gasteiger partial charge is 0.507 e. The SMILES string of the molecule is CC1(C)CN(C(=O)c2ccc(F)cc2O)CC(CN)O1. The molecule has 0 bridgehead atoms. The van der Waals surface area contributed by atoms with Gasteiger partial charge in [0, 0.05) is 25.7 Å². The lowest BCUT2D eigenvalue weighted by molar-refractivity contribution is -0.122. The molecular formula is C14H19FN2O3. The van der Waals surface area contributed by atoms with Crippen LogP contribution in [0, 0.1) is 5.82 Å². The van der Waals surface area contributed by atoms with E-state index in [0.29, 0.717) is 19.6 Å². The van der Waals surface area contributed by atoms with Gasteiger partial charge in [0.15, 0.2) is 0 Å². The summed E-state index contributed by atoms with van der Waals surface area (Å²) in [6, 6.07) is 3.37. The van der Waals surface area contributed by atoms with E-state index in [1.165, 1.54) is 6.07 Å². The lowest BCUT2D eigenvalue weighted by Crippen LogP contribution is -2.56. The third-order valence-corrected chi connectivity index (χ3v) is 3.22. The van der Waals surface area contributed by atoms with E-state index in [4.69, 9.17) is 10.5 Å². The predicted molar refractivity (Wildman–Crippen MR) is 72.0 cm³/mol. The van der Waals surface area contributed by atoms with Crippen molar-refractivity contribution in [1.29, 1.82) is 0 Å². The standard InChI is InChI=1S/C14H19FN2O3/c1-14(2)8-17(7-10(6-16)20-14)13(19)11-4-3-9(15)5-12(11)18/h3-5,10,18H,6-8,16H2,1-2H3. The van der Waals surface area contributed by atoms with Gasteiger partial charge in [0.25, 0.3) is 5.91 Å². The molecule has 0 aliphatic carbocycles. The van der Waals surface area contributed by atoms with Crippen LogP contribution in [0.5, 0.6) is 5.75 Å². The molecule has 1 heterocycles. The van der Waals surface area contributed by atoms with E-state index in [9.17, 15) is 14.3 Å². The number of halogens is 1. The van der Waals surface area contributed by atoms with Gasteiger partial charge in [-0.2, -0.15) is 0 Å². The highest BCUT2D eigenvalue weighted by Crippen LogP contribution is 2.25. The Hall–Kier alpha value is -1.66. The van der Waals surface area contributed by atoms with Crippen LogP contribution in [0.15, 0.2) is 18.2 Å². The van der Waals surface area contributed by atoms with E-state index in [1.54, 1.807) is 4.90 Å². The molecule has 3 N–H and O–H groups in total. The Kier molecular flexibility index (Phi) is 3.96. The summed E-state index contributed by atoms with van der Waals surface area (Å²) in [5, 5.41) is 9.70. The van der Waals surface area contributed by atoms with Crippen molar-refractivity contribution in [2.45, 2.75) is 25.6 Å². The summed E-state index contributed by atoms with van der Waals surface area (Å²) in [6.07, 6.45) is -0.245. The predicted octanol–water partition coefficient (Wildman–Crippen LogP) is 1.11. The number of hydrogen-bond acceptors (Lipinski definition) is 4. The minimum Gasteiger partial charge on any atom is -0.507 e. The lowest BCUT2D eigenvalue weighted by atomic mass is 10.0. The molecule has 2 rings (SSSR count). The molecule has 0 spiro atoms. The van der Waals surface area contributed by atoms with Crippen LogP contribution < -0.4 is 5.73 Å². The molecular weight excluding hydrogens is 263 g/mol. The number of ether oxygens (including phenoxy) is 1. The van der Waals surface area contributed by atoms with Gasteiger partial charge in [0.05, 0.1) is 17.3 Å². The number of phenolic OH excluding ortho intramolecular Hbond substituents is 1. The van der Waals surface area contributed by atoms with E-state index < -0.39 is 11.4 Å². The summed E-state index contributed by atoms with van der Waals surface area (Å²) >= 11 is 0. The van der Waals surface area contributed by atoms with Gasteiger partial charge in [-0.25, -0.2) is 4.39 Å². The molecule has 1 unspecified atom stereocenters. The zero-order chi connectivity index (χ0) is 14.9. The number of carbonyl (C=O) groups is 1. The van der Waals surface area contributed by atoms with Crippen LogP contribution in [-0.4, -0.2) is 47.3 Å². The molecule has 1 aliphatic heterocycles. The molecule has 1 saturated heterocycles. The van der Waals surface area contributed by atoms with E-state index in [1.807, 2.05) is 13.8 Å². The van der Waals surface area contributed by atoms with Gasteiger partial charge >= 0.3 is 0 Å². The van der Waals surface area contributed by atoms with Gasteiger partial charge in [-0.05, 0) is 26.0 Å².